The van der Waals surface area contributed by atoms with Crippen molar-refractivity contribution in [3.05, 3.63) is 17.8 Å². The summed E-state index contributed by atoms with van der Waals surface area (Å²) in [7, 11) is 1.61. The van der Waals surface area contributed by atoms with Crippen LogP contribution in [0.2, 0.25) is 0 Å². The van der Waals surface area contributed by atoms with Crippen LogP contribution >= 0.6 is 0 Å². The van der Waals surface area contributed by atoms with E-state index in [2.05, 4.69) is 4.98 Å². The molecule has 0 bridgehead atoms. The highest BCUT2D eigenvalue weighted by Gasteiger charge is 2.29. The fourth-order valence-electron chi connectivity index (χ4n) is 1.75. The van der Waals surface area contributed by atoms with Gasteiger partial charge in [-0.05, 0) is 13.0 Å². The number of methoxy groups -OCH3 is 1. The van der Waals surface area contributed by atoms with E-state index in [0.29, 0.717) is 13.0 Å². The Morgan fingerprint density at radius 2 is 2.43 bits per heavy atom. The highest BCUT2D eigenvalue weighted by molar-refractivity contribution is 6.00. The summed E-state index contributed by atoms with van der Waals surface area (Å²) in [6.07, 6.45) is 2.07. The lowest BCUT2D eigenvalue weighted by atomic mass is 10.2. The number of hydrogen-bond acceptors (Lipinski definition) is 3. The third kappa shape index (κ3) is 1.14. The largest absolute Gasteiger partial charge is 0.496 e. The topological polar surface area (TPSA) is 42.4 Å². The second-order valence-electron chi connectivity index (χ2n) is 3.13. The van der Waals surface area contributed by atoms with Crippen molar-refractivity contribution >= 4 is 11.7 Å². The minimum Gasteiger partial charge on any atom is -0.496 e. The van der Waals surface area contributed by atoms with E-state index in [1.807, 2.05) is 6.92 Å². The van der Waals surface area contributed by atoms with Crippen LogP contribution in [-0.2, 0) is 11.2 Å². The van der Waals surface area contributed by atoms with E-state index >= 15 is 0 Å². The first kappa shape index (κ1) is 8.99. The molecular weight excluding hydrogens is 180 g/mol. The number of amides is 1. The molecular formula is C10H12N2O2. The molecule has 14 heavy (non-hydrogen) atoms. The molecule has 0 saturated heterocycles. The normalized spacial score (nSPS) is 14.4. The number of pyridine rings is 1. The SMILES string of the molecule is CCN1C(=O)Cc2c(OC)ccnc21. The molecule has 4 heteroatoms. The van der Waals surface area contributed by atoms with E-state index in [-0.39, 0.29) is 5.91 Å². The van der Waals surface area contributed by atoms with E-state index in [9.17, 15) is 4.79 Å². The molecule has 4 nitrogen and oxygen atoms in total. The molecule has 0 aliphatic carbocycles. The van der Waals surface area contributed by atoms with Crippen molar-refractivity contribution < 1.29 is 9.53 Å². The van der Waals surface area contributed by atoms with Gasteiger partial charge in [0.1, 0.15) is 11.6 Å². The molecule has 0 saturated carbocycles. The standard InChI is InChI=1S/C10H12N2O2/c1-3-12-9(13)6-7-8(14-2)4-5-11-10(7)12/h4-5H,3,6H2,1-2H3. The first-order valence-corrected chi connectivity index (χ1v) is 4.60. The van der Waals surface area contributed by atoms with Gasteiger partial charge in [-0.15, -0.1) is 0 Å². The van der Waals surface area contributed by atoms with E-state index in [1.54, 1.807) is 24.3 Å². The van der Waals surface area contributed by atoms with Crippen molar-refractivity contribution in [2.24, 2.45) is 0 Å². The molecule has 1 aliphatic heterocycles. The lowest BCUT2D eigenvalue weighted by Crippen LogP contribution is -2.26. The lowest BCUT2D eigenvalue weighted by molar-refractivity contribution is -0.117. The van der Waals surface area contributed by atoms with Crippen molar-refractivity contribution in [2.75, 3.05) is 18.6 Å². The molecule has 0 atom stereocenters. The van der Waals surface area contributed by atoms with Crippen LogP contribution in [0.4, 0.5) is 5.82 Å². The zero-order valence-corrected chi connectivity index (χ0v) is 8.28. The molecule has 1 amide bonds. The number of carbonyl (C=O) groups excluding carboxylic acids is 1. The molecule has 1 aliphatic rings. The first-order chi connectivity index (χ1) is 6.77. The number of aromatic nitrogens is 1. The molecule has 0 N–H and O–H groups in total. The van der Waals surface area contributed by atoms with Gasteiger partial charge in [-0.25, -0.2) is 4.98 Å². The van der Waals surface area contributed by atoms with E-state index < -0.39 is 0 Å². The van der Waals surface area contributed by atoms with Crippen molar-refractivity contribution in [3.8, 4) is 5.75 Å². The maximum absolute atomic E-state index is 11.6. The van der Waals surface area contributed by atoms with Crippen LogP contribution in [0.15, 0.2) is 12.3 Å². The van der Waals surface area contributed by atoms with Crippen LogP contribution in [0.1, 0.15) is 12.5 Å². The summed E-state index contributed by atoms with van der Waals surface area (Å²) >= 11 is 0. The maximum Gasteiger partial charge on any atom is 0.232 e. The number of rotatable bonds is 2. The molecule has 1 aromatic rings. The number of ether oxygens (including phenoxy) is 1. The van der Waals surface area contributed by atoms with Gasteiger partial charge in [0.2, 0.25) is 5.91 Å². The van der Waals surface area contributed by atoms with Gasteiger partial charge in [0.15, 0.2) is 0 Å². The predicted octanol–water partition coefficient (Wildman–Crippen LogP) is 0.999. The summed E-state index contributed by atoms with van der Waals surface area (Å²) in [5.41, 5.74) is 0.904. The average Bonchev–Trinajstić information content (AvgIpc) is 2.52. The molecule has 0 unspecified atom stereocenters. The molecule has 0 spiro atoms. The van der Waals surface area contributed by atoms with Gasteiger partial charge >= 0.3 is 0 Å². The van der Waals surface area contributed by atoms with Crippen LogP contribution in [0.5, 0.6) is 5.75 Å². The second kappa shape index (κ2) is 3.29. The molecule has 2 heterocycles. The van der Waals surface area contributed by atoms with Crippen molar-refractivity contribution in [1.29, 1.82) is 0 Å². The summed E-state index contributed by atoms with van der Waals surface area (Å²) in [4.78, 5) is 17.4. The van der Waals surface area contributed by atoms with Crippen LogP contribution in [0, 0.1) is 0 Å². The Bertz CT molecular complexity index is 376. The summed E-state index contributed by atoms with van der Waals surface area (Å²) in [5.74, 6) is 1.59. The van der Waals surface area contributed by atoms with Crippen LogP contribution in [-0.4, -0.2) is 24.5 Å². The van der Waals surface area contributed by atoms with Gasteiger partial charge in [-0.2, -0.15) is 0 Å². The average molecular weight is 192 g/mol. The zero-order valence-electron chi connectivity index (χ0n) is 8.28. The number of anilines is 1. The van der Waals surface area contributed by atoms with Crippen molar-refractivity contribution in [3.63, 3.8) is 0 Å². The monoisotopic (exact) mass is 192 g/mol. The Labute approximate surface area is 82.5 Å². The van der Waals surface area contributed by atoms with Gasteiger partial charge in [-0.3, -0.25) is 9.69 Å². The summed E-state index contributed by atoms with van der Waals surface area (Å²) in [6.45, 7) is 2.60. The highest BCUT2D eigenvalue weighted by atomic mass is 16.5. The van der Waals surface area contributed by atoms with Gasteiger partial charge in [0.05, 0.1) is 13.5 Å². The quantitative estimate of drug-likeness (QED) is 0.702. The number of likely N-dealkylation sites (N-methyl/N-ethyl adjacent to an activating group) is 1. The zero-order chi connectivity index (χ0) is 10.1. The summed E-state index contributed by atoms with van der Waals surface area (Å²) in [6, 6.07) is 1.78. The Hall–Kier alpha value is -1.58. The fourth-order valence-corrected chi connectivity index (χ4v) is 1.75. The van der Waals surface area contributed by atoms with Crippen LogP contribution < -0.4 is 9.64 Å². The van der Waals surface area contributed by atoms with Crippen LogP contribution in [0.25, 0.3) is 0 Å². The first-order valence-electron chi connectivity index (χ1n) is 4.60. The van der Waals surface area contributed by atoms with Crippen LogP contribution in [0.3, 0.4) is 0 Å². The van der Waals surface area contributed by atoms with Gasteiger partial charge in [0.25, 0.3) is 0 Å². The molecule has 0 fully saturated rings. The number of nitrogens with zero attached hydrogens (tertiary/aromatic N) is 2. The Morgan fingerprint density at radius 1 is 1.64 bits per heavy atom. The molecule has 1 aromatic heterocycles. The van der Waals surface area contributed by atoms with E-state index in [0.717, 1.165) is 17.1 Å². The number of hydrogen-bond donors (Lipinski definition) is 0. The van der Waals surface area contributed by atoms with Crippen molar-refractivity contribution in [1.82, 2.24) is 4.98 Å². The minimum absolute atomic E-state index is 0.0968. The fraction of sp³-hybridized carbons (Fsp3) is 0.400. The van der Waals surface area contributed by atoms with E-state index in [4.69, 9.17) is 4.74 Å². The van der Waals surface area contributed by atoms with Gasteiger partial charge < -0.3 is 4.74 Å². The number of carbonyl (C=O) groups is 1. The third-order valence-corrected chi connectivity index (χ3v) is 2.41. The molecule has 74 valence electrons. The van der Waals surface area contributed by atoms with E-state index in [1.165, 1.54) is 0 Å². The Morgan fingerprint density at radius 3 is 3.07 bits per heavy atom. The second-order valence-corrected chi connectivity index (χ2v) is 3.13. The minimum atomic E-state index is 0.0968. The van der Waals surface area contributed by atoms with Gasteiger partial charge in [0, 0.05) is 18.3 Å². The molecule has 2 rings (SSSR count). The highest BCUT2D eigenvalue weighted by Crippen LogP contribution is 2.32. The number of fused-ring (bicyclic) bond motifs is 1. The predicted molar refractivity (Wildman–Crippen MR) is 52.5 cm³/mol. The third-order valence-electron chi connectivity index (χ3n) is 2.41. The Kier molecular flexibility index (Phi) is 2.11. The maximum atomic E-state index is 11.6. The molecule has 0 radical (unpaired) electrons. The lowest BCUT2D eigenvalue weighted by Gasteiger charge is -2.13. The Balaban J connectivity index is 2.51. The summed E-state index contributed by atoms with van der Waals surface area (Å²) < 4.78 is 5.18. The smallest absolute Gasteiger partial charge is 0.232 e. The van der Waals surface area contributed by atoms with Gasteiger partial charge in [-0.1, -0.05) is 0 Å². The van der Waals surface area contributed by atoms with Crippen molar-refractivity contribution in [2.45, 2.75) is 13.3 Å². The summed E-state index contributed by atoms with van der Waals surface area (Å²) in [5, 5.41) is 0. The molecule has 0 aromatic carbocycles.